The molecule has 106 valence electrons. The molecule has 0 unspecified atom stereocenters. The smallest absolute Gasteiger partial charge is 0.348 e. The van der Waals surface area contributed by atoms with Crippen molar-refractivity contribution in [2.45, 2.75) is 6.92 Å². The molecule has 1 rings (SSSR count). The molecular formula is C14H14BrNO4. The fraction of sp³-hybridized carbons (Fsp3) is 0.286. The van der Waals surface area contributed by atoms with Crippen molar-refractivity contribution in [3.05, 3.63) is 27.7 Å². The van der Waals surface area contributed by atoms with Crippen LogP contribution in [0.25, 0.3) is 6.08 Å². The summed E-state index contributed by atoms with van der Waals surface area (Å²) in [5.74, 6) is 0.398. The summed E-state index contributed by atoms with van der Waals surface area (Å²) in [6, 6.07) is 5.20. The molecule has 1 aromatic rings. The van der Waals surface area contributed by atoms with Gasteiger partial charge < -0.3 is 14.2 Å². The fourth-order valence-electron chi connectivity index (χ4n) is 1.52. The van der Waals surface area contributed by atoms with E-state index in [9.17, 15) is 4.79 Å². The third-order valence-corrected chi connectivity index (χ3v) is 2.97. The summed E-state index contributed by atoms with van der Waals surface area (Å²) in [5, 5.41) is 8.94. The van der Waals surface area contributed by atoms with Crippen molar-refractivity contribution in [3.63, 3.8) is 0 Å². The third-order valence-electron chi connectivity index (χ3n) is 2.38. The Morgan fingerprint density at radius 1 is 1.45 bits per heavy atom. The molecule has 0 aliphatic carbocycles. The lowest BCUT2D eigenvalue weighted by atomic mass is 10.1. The first-order valence-corrected chi connectivity index (χ1v) is 6.57. The van der Waals surface area contributed by atoms with Gasteiger partial charge in [-0.15, -0.1) is 0 Å². The fourth-order valence-corrected chi connectivity index (χ4v) is 2.10. The maximum Gasteiger partial charge on any atom is 0.348 e. The molecule has 0 radical (unpaired) electrons. The quantitative estimate of drug-likeness (QED) is 0.468. The molecular weight excluding hydrogens is 326 g/mol. The second-order valence-corrected chi connectivity index (χ2v) is 4.48. The molecule has 0 aliphatic rings. The van der Waals surface area contributed by atoms with E-state index in [4.69, 9.17) is 14.7 Å². The topological polar surface area (TPSA) is 68.5 Å². The highest BCUT2D eigenvalue weighted by Gasteiger charge is 2.13. The van der Waals surface area contributed by atoms with E-state index in [1.165, 1.54) is 20.3 Å². The lowest BCUT2D eigenvalue weighted by Crippen LogP contribution is -2.02. The number of methoxy groups -OCH3 is 2. The highest BCUT2D eigenvalue weighted by Crippen LogP contribution is 2.37. The molecule has 20 heavy (non-hydrogen) atoms. The molecule has 0 fully saturated rings. The Morgan fingerprint density at radius 3 is 2.65 bits per heavy atom. The maximum atomic E-state index is 11.4. The Balaban J connectivity index is 3.28. The standard InChI is InChI=1S/C14H14BrNO4/c1-4-20-13-11(15)6-9(7-12(13)18-2)5-10(8-16)14(17)19-3/h5-7H,4H2,1-3H3. The number of esters is 1. The Bertz CT molecular complexity index is 575. The van der Waals surface area contributed by atoms with E-state index in [1.54, 1.807) is 18.2 Å². The van der Waals surface area contributed by atoms with Crippen LogP contribution in [0.3, 0.4) is 0 Å². The predicted octanol–water partition coefficient (Wildman–Crippen LogP) is 2.94. The van der Waals surface area contributed by atoms with Gasteiger partial charge in [-0.2, -0.15) is 5.26 Å². The number of benzene rings is 1. The molecule has 0 amide bonds. The third kappa shape index (κ3) is 3.75. The van der Waals surface area contributed by atoms with Crippen LogP contribution in [0.1, 0.15) is 12.5 Å². The second-order valence-electron chi connectivity index (χ2n) is 3.63. The van der Waals surface area contributed by atoms with Crippen molar-refractivity contribution in [3.8, 4) is 17.6 Å². The molecule has 1 aromatic carbocycles. The molecule has 6 heteroatoms. The molecule has 0 heterocycles. The van der Waals surface area contributed by atoms with Gasteiger partial charge in [0.05, 0.1) is 25.3 Å². The summed E-state index contributed by atoms with van der Waals surface area (Å²) in [6.07, 6.45) is 1.43. The zero-order valence-electron chi connectivity index (χ0n) is 11.4. The second kappa shape index (κ2) is 7.56. The maximum absolute atomic E-state index is 11.4. The van der Waals surface area contributed by atoms with Gasteiger partial charge in [0.1, 0.15) is 11.6 Å². The Labute approximate surface area is 125 Å². The number of nitriles is 1. The zero-order chi connectivity index (χ0) is 15.1. The van der Waals surface area contributed by atoms with E-state index in [0.717, 1.165) is 0 Å². The SMILES string of the molecule is CCOc1c(Br)cc(C=C(C#N)C(=O)OC)cc1OC. The van der Waals surface area contributed by atoms with Gasteiger partial charge in [-0.25, -0.2) is 4.79 Å². The lowest BCUT2D eigenvalue weighted by molar-refractivity contribution is -0.135. The average molecular weight is 340 g/mol. The van der Waals surface area contributed by atoms with Crippen LogP contribution in [0.5, 0.6) is 11.5 Å². The Hall–Kier alpha value is -2.00. The highest BCUT2D eigenvalue weighted by molar-refractivity contribution is 9.10. The molecule has 0 bridgehead atoms. The summed E-state index contributed by atoms with van der Waals surface area (Å²) in [5.41, 5.74) is 0.532. The first-order chi connectivity index (χ1) is 9.57. The molecule has 0 N–H and O–H groups in total. The van der Waals surface area contributed by atoms with Crippen LogP contribution in [0.4, 0.5) is 0 Å². The lowest BCUT2D eigenvalue weighted by Gasteiger charge is -2.12. The average Bonchev–Trinajstić information content (AvgIpc) is 2.46. The van der Waals surface area contributed by atoms with Crippen molar-refractivity contribution in [1.29, 1.82) is 5.26 Å². The molecule has 0 aromatic heterocycles. The van der Waals surface area contributed by atoms with Crippen LogP contribution in [0, 0.1) is 11.3 Å². The van der Waals surface area contributed by atoms with Gasteiger partial charge in [0.25, 0.3) is 0 Å². The Morgan fingerprint density at radius 2 is 2.15 bits per heavy atom. The number of nitrogens with zero attached hydrogens (tertiary/aromatic N) is 1. The van der Waals surface area contributed by atoms with E-state index in [2.05, 4.69) is 20.7 Å². The van der Waals surface area contributed by atoms with Gasteiger partial charge in [-0.1, -0.05) is 0 Å². The number of carbonyl (C=O) groups excluding carboxylic acids is 1. The first-order valence-electron chi connectivity index (χ1n) is 5.77. The largest absolute Gasteiger partial charge is 0.493 e. The van der Waals surface area contributed by atoms with E-state index < -0.39 is 5.97 Å². The van der Waals surface area contributed by atoms with Crippen LogP contribution in [0.2, 0.25) is 0 Å². The molecule has 0 saturated heterocycles. The van der Waals surface area contributed by atoms with Gasteiger partial charge in [-0.3, -0.25) is 0 Å². The van der Waals surface area contributed by atoms with E-state index in [0.29, 0.717) is 28.1 Å². The van der Waals surface area contributed by atoms with Gasteiger partial charge in [-0.05, 0) is 46.6 Å². The van der Waals surface area contributed by atoms with Crippen LogP contribution in [-0.4, -0.2) is 26.8 Å². The first kappa shape index (κ1) is 16.1. The number of carbonyl (C=O) groups is 1. The Kier molecular flexibility index (Phi) is 6.07. The minimum Gasteiger partial charge on any atom is -0.493 e. The number of hydrogen-bond donors (Lipinski definition) is 0. The van der Waals surface area contributed by atoms with Crippen LogP contribution in [-0.2, 0) is 9.53 Å². The van der Waals surface area contributed by atoms with Crippen molar-refractivity contribution in [2.24, 2.45) is 0 Å². The number of rotatable bonds is 5. The predicted molar refractivity (Wildman–Crippen MR) is 77.5 cm³/mol. The number of hydrogen-bond acceptors (Lipinski definition) is 5. The zero-order valence-corrected chi connectivity index (χ0v) is 13.0. The van der Waals surface area contributed by atoms with Crippen LogP contribution in [0.15, 0.2) is 22.2 Å². The number of halogens is 1. The van der Waals surface area contributed by atoms with Crippen molar-refractivity contribution in [2.75, 3.05) is 20.8 Å². The summed E-state index contributed by atoms with van der Waals surface area (Å²) < 4.78 is 15.9. The van der Waals surface area contributed by atoms with Crippen LogP contribution >= 0.6 is 15.9 Å². The van der Waals surface area contributed by atoms with E-state index >= 15 is 0 Å². The summed E-state index contributed by atoms with van der Waals surface area (Å²) in [6.45, 7) is 2.36. The summed E-state index contributed by atoms with van der Waals surface area (Å²) in [7, 11) is 2.74. The number of ether oxygens (including phenoxy) is 3. The van der Waals surface area contributed by atoms with Gasteiger partial charge in [0.15, 0.2) is 11.5 Å². The van der Waals surface area contributed by atoms with Gasteiger partial charge >= 0.3 is 5.97 Å². The van der Waals surface area contributed by atoms with Crippen LogP contribution < -0.4 is 9.47 Å². The molecule has 0 aliphatic heterocycles. The summed E-state index contributed by atoms with van der Waals surface area (Å²) in [4.78, 5) is 11.4. The molecule has 5 nitrogen and oxygen atoms in total. The minimum absolute atomic E-state index is 0.0920. The normalized spacial score (nSPS) is 10.7. The van der Waals surface area contributed by atoms with Crippen molar-refractivity contribution < 1.29 is 19.0 Å². The molecule has 0 saturated carbocycles. The van der Waals surface area contributed by atoms with Crippen molar-refractivity contribution in [1.82, 2.24) is 0 Å². The minimum atomic E-state index is -0.684. The van der Waals surface area contributed by atoms with E-state index in [-0.39, 0.29) is 5.57 Å². The highest BCUT2D eigenvalue weighted by atomic mass is 79.9. The summed E-state index contributed by atoms with van der Waals surface area (Å²) >= 11 is 3.37. The monoisotopic (exact) mass is 339 g/mol. The molecule has 0 spiro atoms. The van der Waals surface area contributed by atoms with Gasteiger partial charge in [0.2, 0.25) is 0 Å². The van der Waals surface area contributed by atoms with E-state index in [1.807, 2.05) is 6.92 Å². The molecule has 0 atom stereocenters. The van der Waals surface area contributed by atoms with Gasteiger partial charge in [0, 0.05) is 0 Å². The van der Waals surface area contributed by atoms with Crippen molar-refractivity contribution >= 4 is 28.0 Å².